The Morgan fingerprint density at radius 2 is 1.95 bits per heavy atom. The monoisotopic (exact) mass is 342 g/mol. The van der Waals surface area contributed by atoms with Crippen molar-refractivity contribution in [3.8, 4) is 0 Å². The van der Waals surface area contributed by atoms with E-state index in [0.717, 1.165) is 17.5 Å². The molecular weight excluding hydrogens is 325 g/mol. The maximum Gasteiger partial charge on any atom is 0.435 e. The number of nitrogens with one attached hydrogen (secondary N) is 1. The summed E-state index contributed by atoms with van der Waals surface area (Å²) in [7, 11) is -1.42. The standard InChI is InChI=1S/C11H17F3N4O3S/c1-17-10(11(12,13)14)9(7-15-17)16-22(19,20)18-5-3-8(21-2)4-6-18/h7-8,16H,3-6H2,1-2H3. The van der Waals surface area contributed by atoms with E-state index in [-0.39, 0.29) is 19.2 Å². The van der Waals surface area contributed by atoms with Crippen LogP contribution >= 0.6 is 0 Å². The SMILES string of the molecule is COC1CCN(S(=O)(=O)Nc2cnn(C)c2C(F)(F)F)CC1. The van der Waals surface area contributed by atoms with Crippen molar-refractivity contribution >= 4 is 15.9 Å². The predicted octanol–water partition coefficient (Wildman–Crippen LogP) is 1.21. The van der Waals surface area contributed by atoms with E-state index < -0.39 is 27.8 Å². The second-order valence-electron chi connectivity index (χ2n) is 4.97. The number of anilines is 1. The maximum absolute atomic E-state index is 12.9. The van der Waals surface area contributed by atoms with Crippen molar-refractivity contribution in [3.63, 3.8) is 0 Å². The number of hydrogen-bond donors (Lipinski definition) is 1. The first kappa shape index (κ1) is 17.0. The zero-order valence-corrected chi connectivity index (χ0v) is 12.9. The van der Waals surface area contributed by atoms with Crippen LogP contribution in [-0.4, -0.2) is 48.8 Å². The Kier molecular flexibility index (Phi) is 4.68. The third-order valence-electron chi connectivity index (χ3n) is 3.52. The molecule has 1 aliphatic heterocycles. The highest BCUT2D eigenvalue weighted by Gasteiger charge is 2.39. The molecule has 1 aromatic rings. The Hall–Kier alpha value is -1.33. The fourth-order valence-electron chi connectivity index (χ4n) is 2.36. The molecule has 0 atom stereocenters. The van der Waals surface area contributed by atoms with Crippen LogP contribution in [0, 0.1) is 0 Å². The van der Waals surface area contributed by atoms with E-state index in [1.165, 1.54) is 0 Å². The summed E-state index contributed by atoms with van der Waals surface area (Å²) in [4.78, 5) is 0. The molecular formula is C11H17F3N4O3S. The summed E-state index contributed by atoms with van der Waals surface area (Å²) in [6, 6.07) is 0. The highest BCUT2D eigenvalue weighted by Crippen LogP contribution is 2.35. The van der Waals surface area contributed by atoms with Crippen molar-refractivity contribution in [2.75, 3.05) is 24.9 Å². The molecule has 0 saturated carbocycles. The quantitative estimate of drug-likeness (QED) is 0.892. The van der Waals surface area contributed by atoms with Gasteiger partial charge in [-0.15, -0.1) is 0 Å². The van der Waals surface area contributed by atoms with Crippen molar-refractivity contribution in [1.82, 2.24) is 14.1 Å². The fraction of sp³-hybridized carbons (Fsp3) is 0.727. The minimum Gasteiger partial charge on any atom is -0.381 e. The van der Waals surface area contributed by atoms with Crippen LogP contribution in [0.3, 0.4) is 0 Å². The molecule has 1 saturated heterocycles. The van der Waals surface area contributed by atoms with Crippen LogP contribution in [0.25, 0.3) is 0 Å². The minimum absolute atomic E-state index is 0.0319. The number of halogens is 3. The van der Waals surface area contributed by atoms with Crippen LogP contribution in [0.2, 0.25) is 0 Å². The van der Waals surface area contributed by atoms with Crippen LogP contribution in [0.1, 0.15) is 18.5 Å². The topological polar surface area (TPSA) is 76.5 Å². The summed E-state index contributed by atoms with van der Waals surface area (Å²) in [5.74, 6) is 0. The highest BCUT2D eigenvalue weighted by atomic mass is 32.2. The molecule has 1 aromatic heterocycles. The van der Waals surface area contributed by atoms with E-state index in [1.807, 2.05) is 4.72 Å². The molecule has 22 heavy (non-hydrogen) atoms. The van der Waals surface area contributed by atoms with E-state index in [4.69, 9.17) is 4.74 Å². The summed E-state index contributed by atoms with van der Waals surface area (Å²) in [5.41, 5.74) is -1.72. The number of aryl methyl sites for hydroxylation is 1. The van der Waals surface area contributed by atoms with Gasteiger partial charge in [0.2, 0.25) is 0 Å². The summed E-state index contributed by atoms with van der Waals surface area (Å²) in [5, 5.41) is 3.47. The molecule has 0 aliphatic carbocycles. The van der Waals surface area contributed by atoms with Gasteiger partial charge in [-0.2, -0.15) is 31.0 Å². The molecule has 1 aliphatic rings. The molecule has 2 heterocycles. The molecule has 1 fully saturated rings. The average Bonchev–Trinajstić information content (AvgIpc) is 2.79. The van der Waals surface area contributed by atoms with E-state index >= 15 is 0 Å². The first-order valence-corrected chi connectivity index (χ1v) is 7.99. The number of piperidine rings is 1. The van der Waals surface area contributed by atoms with Crippen LogP contribution in [0.5, 0.6) is 0 Å². The van der Waals surface area contributed by atoms with E-state index in [0.29, 0.717) is 17.5 Å². The molecule has 126 valence electrons. The van der Waals surface area contributed by atoms with E-state index in [9.17, 15) is 21.6 Å². The van der Waals surface area contributed by atoms with Gasteiger partial charge < -0.3 is 4.74 Å². The Labute approximate surface area is 126 Å². The minimum atomic E-state index is -4.70. The summed E-state index contributed by atoms with van der Waals surface area (Å²) < 4.78 is 72.0. The van der Waals surface area contributed by atoms with Gasteiger partial charge >= 0.3 is 16.4 Å². The van der Waals surface area contributed by atoms with Crippen LogP contribution in [0.15, 0.2) is 6.20 Å². The fourth-order valence-corrected chi connectivity index (χ4v) is 3.61. The van der Waals surface area contributed by atoms with Gasteiger partial charge in [-0.3, -0.25) is 9.40 Å². The molecule has 0 aromatic carbocycles. The molecule has 0 spiro atoms. The Bertz CT molecular complexity index is 621. The van der Waals surface area contributed by atoms with Gasteiger partial charge in [0.05, 0.1) is 12.3 Å². The van der Waals surface area contributed by atoms with E-state index in [2.05, 4.69) is 5.10 Å². The van der Waals surface area contributed by atoms with Gasteiger partial charge in [-0.05, 0) is 12.8 Å². The Balaban J connectivity index is 2.17. The second kappa shape index (κ2) is 6.05. The summed E-state index contributed by atoms with van der Waals surface area (Å²) in [6.45, 7) is 0.380. The highest BCUT2D eigenvalue weighted by molar-refractivity contribution is 7.90. The maximum atomic E-state index is 12.9. The van der Waals surface area contributed by atoms with Gasteiger partial charge in [-0.1, -0.05) is 0 Å². The van der Waals surface area contributed by atoms with Gasteiger partial charge in [-0.25, -0.2) is 0 Å². The van der Waals surface area contributed by atoms with Gasteiger partial charge in [0.25, 0.3) is 0 Å². The molecule has 7 nitrogen and oxygen atoms in total. The number of hydrogen-bond acceptors (Lipinski definition) is 4. The smallest absolute Gasteiger partial charge is 0.381 e. The first-order chi connectivity index (χ1) is 10.1. The first-order valence-electron chi connectivity index (χ1n) is 6.55. The van der Waals surface area contributed by atoms with Crippen molar-refractivity contribution in [3.05, 3.63) is 11.9 Å². The van der Waals surface area contributed by atoms with Crippen molar-refractivity contribution in [2.45, 2.75) is 25.1 Å². The van der Waals surface area contributed by atoms with Crippen molar-refractivity contribution < 1.29 is 26.3 Å². The van der Waals surface area contributed by atoms with Gasteiger partial charge in [0.15, 0.2) is 5.69 Å². The third-order valence-corrected chi connectivity index (χ3v) is 5.04. The normalized spacial score (nSPS) is 18.6. The van der Waals surface area contributed by atoms with E-state index in [1.54, 1.807) is 7.11 Å². The zero-order chi connectivity index (χ0) is 16.5. The molecule has 0 unspecified atom stereocenters. The molecule has 11 heteroatoms. The summed E-state index contributed by atoms with van der Waals surface area (Å²) in [6.07, 6.45) is -2.89. The van der Waals surface area contributed by atoms with Gasteiger partial charge in [0.1, 0.15) is 5.69 Å². The number of alkyl halides is 3. The van der Waals surface area contributed by atoms with Crippen LogP contribution in [-0.2, 0) is 28.2 Å². The molecule has 2 rings (SSSR count). The predicted molar refractivity (Wildman–Crippen MR) is 72.4 cm³/mol. The van der Waals surface area contributed by atoms with Crippen LogP contribution < -0.4 is 4.72 Å². The lowest BCUT2D eigenvalue weighted by molar-refractivity contribution is -0.143. The molecule has 0 radical (unpaired) electrons. The zero-order valence-electron chi connectivity index (χ0n) is 12.1. The molecule has 0 amide bonds. The third kappa shape index (κ3) is 3.52. The number of ether oxygens (including phenoxy) is 1. The molecule has 0 bridgehead atoms. The van der Waals surface area contributed by atoms with Crippen molar-refractivity contribution in [2.24, 2.45) is 7.05 Å². The second-order valence-corrected chi connectivity index (χ2v) is 6.64. The van der Waals surface area contributed by atoms with Crippen LogP contribution in [0.4, 0.5) is 18.9 Å². The number of methoxy groups -OCH3 is 1. The lowest BCUT2D eigenvalue weighted by Crippen LogP contribution is -2.43. The number of aromatic nitrogens is 2. The lowest BCUT2D eigenvalue weighted by Gasteiger charge is -2.30. The largest absolute Gasteiger partial charge is 0.435 e. The number of rotatable bonds is 4. The lowest BCUT2D eigenvalue weighted by atomic mass is 10.1. The average molecular weight is 342 g/mol. The Morgan fingerprint density at radius 1 is 1.36 bits per heavy atom. The summed E-state index contributed by atoms with van der Waals surface area (Å²) >= 11 is 0. The molecule has 1 N–H and O–H groups in total. The van der Waals surface area contributed by atoms with Crippen molar-refractivity contribution in [1.29, 1.82) is 0 Å². The Morgan fingerprint density at radius 3 is 2.45 bits per heavy atom. The van der Waals surface area contributed by atoms with Gasteiger partial charge in [0, 0.05) is 27.2 Å². The number of nitrogens with zero attached hydrogens (tertiary/aromatic N) is 3.